The lowest BCUT2D eigenvalue weighted by Gasteiger charge is -2.39. The molecule has 1 unspecified atom stereocenters. The Morgan fingerprint density at radius 3 is 3.00 bits per heavy atom. The van der Waals surface area contributed by atoms with Crippen molar-refractivity contribution >= 4 is 0 Å². The average Bonchev–Trinajstić information content (AvgIpc) is 2.80. The molecule has 1 saturated heterocycles. The van der Waals surface area contributed by atoms with Gasteiger partial charge in [-0.25, -0.2) is 0 Å². The van der Waals surface area contributed by atoms with Crippen LogP contribution in [0.2, 0.25) is 0 Å². The summed E-state index contributed by atoms with van der Waals surface area (Å²) in [6.07, 6.45) is 3.02. The minimum Gasteiger partial charge on any atom is -0.468 e. The molecular formula is C14H25N3O. The maximum atomic E-state index is 5.52. The summed E-state index contributed by atoms with van der Waals surface area (Å²) < 4.78 is 5.52. The smallest absolute Gasteiger partial charge is 0.122 e. The van der Waals surface area contributed by atoms with E-state index in [-0.39, 0.29) is 0 Å². The van der Waals surface area contributed by atoms with Crippen LogP contribution in [0.4, 0.5) is 0 Å². The van der Waals surface area contributed by atoms with Crippen LogP contribution in [0.25, 0.3) is 0 Å². The largest absolute Gasteiger partial charge is 0.468 e. The Balaban J connectivity index is 1.94. The molecule has 1 aliphatic heterocycles. The SMILES string of the molecule is CCC1CN(Cc2ccoc2CNC)CCN1C. The molecule has 0 bridgehead atoms. The van der Waals surface area contributed by atoms with Crippen LogP contribution in [0.3, 0.4) is 0 Å². The Labute approximate surface area is 110 Å². The molecule has 0 saturated carbocycles. The van der Waals surface area contributed by atoms with Gasteiger partial charge in [0, 0.05) is 37.8 Å². The maximum absolute atomic E-state index is 5.52. The molecule has 0 aromatic carbocycles. The molecule has 2 rings (SSSR count). The van der Waals surface area contributed by atoms with Gasteiger partial charge < -0.3 is 14.6 Å². The first-order valence-electron chi connectivity index (χ1n) is 6.87. The number of likely N-dealkylation sites (N-methyl/N-ethyl adjacent to an activating group) is 1. The first-order chi connectivity index (χ1) is 8.74. The minimum absolute atomic E-state index is 0.693. The van der Waals surface area contributed by atoms with E-state index >= 15 is 0 Å². The molecule has 2 heterocycles. The van der Waals surface area contributed by atoms with E-state index in [0.29, 0.717) is 6.04 Å². The van der Waals surface area contributed by atoms with E-state index in [0.717, 1.165) is 38.5 Å². The van der Waals surface area contributed by atoms with Crippen molar-refractivity contribution in [2.45, 2.75) is 32.5 Å². The normalized spacial score (nSPS) is 22.5. The summed E-state index contributed by atoms with van der Waals surface area (Å²) in [5, 5.41) is 3.15. The van der Waals surface area contributed by atoms with Gasteiger partial charge in [0.2, 0.25) is 0 Å². The van der Waals surface area contributed by atoms with E-state index in [1.54, 1.807) is 6.26 Å². The zero-order valence-corrected chi connectivity index (χ0v) is 11.8. The molecule has 4 heteroatoms. The summed E-state index contributed by atoms with van der Waals surface area (Å²) in [4.78, 5) is 5.01. The molecule has 0 amide bonds. The Kier molecular flexibility index (Phi) is 4.80. The van der Waals surface area contributed by atoms with Crippen LogP contribution in [-0.2, 0) is 13.1 Å². The number of hydrogen-bond donors (Lipinski definition) is 1. The highest BCUT2D eigenvalue weighted by Gasteiger charge is 2.23. The molecule has 1 fully saturated rings. The molecule has 0 spiro atoms. The Morgan fingerprint density at radius 2 is 2.28 bits per heavy atom. The summed E-state index contributed by atoms with van der Waals surface area (Å²) in [5.74, 6) is 1.07. The van der Waals surface area contributed by atoms with Gasteiger partial charge in [-0.2, -0.15) is 0 Å². The molecule has 4 nitrogen and oxygen atoms in total. The first-order valence-corrected chi connectivity index (χ1v) is 6.87. The Hall–Kier alpha value is -0.840. The van der Waals surface area contributed by atoms with Gasteiger partial charge in [-0.15, -0.1) is 0 Å². The van der Waals surface area contributed by atoms with Crippen LogP contribution in [0, 0.1) is 0 Å². The summed E-state index contributed by atoms with van der Waals surface area (Å²) >= 11 is 0. The van der Waals surface area contributed by atoms with E-state index in [4.69, 9.17) is 4.42 Å². The van der Waals surface area contributed by atoms with Crippen molar-refractivity contribution in [3.63, 3.8) is 0 Å². The van der Waals surface area contributed by atoms with Crippen molar-refractivity contribution in [3.05, 3.63) is 23.7 Å². The van der Waals surface area contributed by atoms with E-state index in [2.05, 4.69) is 35.2 Å². The molecule has 0 radical (unpaired) electrons. The zero-order chi connectivity index (χ0) is 13.0. The van der Waals surface area contributed by atoms with E-state index < -0.39 is 0 Å². The molecule has 102 valence electrons. The van der Waals surface area contributed by atoms with Crippen molar-refractivity contribution in [1.29, 1.82) is 0 Å². The second kappa shape index (κ2) is 6.36. The van der Waals surface area contributed by atoms with Crippen LogP contribution in [0.1, 0.15) is 24.7 Å². The molecule has 1 aromatic heterocycles. The lowest BCUT2D eigenvalue weighted by atomic mass is 10.1. The van der Waals surface area contributed by atoms with Crippen LogP contribution >= 0.6 is 0 Å². The molecule has 1 N–H and O–H groups in total. The van der Waals surface area contributed by atoms with Crippen molar-refractivity contribution in [2.75, 3.05) is 33.7 Å². The second-order valence-electron chi connectivity index (χ2n) is 5.18. The Bertz CT molecular complexity index is 364. The summed E-state index contributed by atoms with van der Waals surface area (Å²) in [7, 11) is 4.19. The number of nitrogens with one attached hydrogen (secondary N) is 1. The quantitative estimate of drug-likeness (QED) is 0.860. The third kappa shape index (κ3) is 3.13. The van der Waals surface area contributed by atoms with Gasteiger partial charge in [0.05, 0.1) is 12.8 Å². The van der Waals surface area contributed by atoms with Gasteiger partial charge in [0.25, 0.3) is 0 Å². The predicted molar refractivity (Wildman–Crippen MR) is 73.5 cm³/mol. The number of hydrogen-bond acceptors (Lipinski definition) is 4. The number of nitrogens with zero attached hydrogens (tertiary/aromatic N) is 2. The van der Waals surface area contributed by atoms with E-state index in [9.17, 15) is 0 Å². The molecule has 1 aliphatic rings. The number of piperazine rings is 1. The van der Waals surface area contributed by atoms with Crippen molar-refractivity contribution in [2.24, 2.45) is 0 Å². The van der Waals surface area contributed by atoms with Gasteiger partial charge in [-0.3, -0.25) is 4.90 Å². The third-order valence-electron chi connectivity index (χ3n) is 3.90. The highest BCUT2D eigenvalue weighted by molar-refractivity contribution is 5.17. The lowest BCUT2D eigenvalue weighted by molar-refractivity contribution is 0.0879. The fourth-order valence-electron chi connectivity index (χ4n) is 2.66. The monoisotopic (exact) mass is 251 g/mol. The molecular weight excluding hydrogens is 226 g/mol. The summed E-state index contributed by atoms with van der Waals surface area (Å²) in [6, 6.07) is 2.80. The standard InChI is InChI=1S/C14H25N3O/c1-4-13-11-17(7-6-16(13)3)10-12-5-8-18-14(12)9-15-2/h5,8,13,15H,4,6-7,9-11H2,1-3H3. The second-order valence-corrected chi connectivity index (χ2v) is 5.18. The number of furan rings is 1. The van der Waals surface area contributed by atoms with Gasteiger partial charge in [0.15, 0.2) is 0 Å². The van der Waals surface area contributed by atoms with E-state index in [1.807, 2.05) is 7.05 Å². The molecule has 1 atom stereocenters. The molecule has 0 aliphatic carbocycles. The van der Waals surface area contributed by atoms with Gasteiger partial charge in [-0.05, 0) is 26.6 Å². The molecule has 18 heavy (non-hydrogen) atoms. The van der Waals surface area contributed by atoms with Gasteiger partial charge in [-0.1, -0.05) is 6.92 Å². The third-order valence-corrected chi connectivity index (χ3v) is 3.90. The van der Waals surface area contributed by atoms with Crippen LogP contribution in [0.5, 0.6) is 0 Å². The highest BCUT2D eigenvalue weighted by atomic mass is 16.3. The fraction of sp³-hybridized carbons (Fsp3) is 0.714. The highest BCUT2D eigenvalue weighted by Crippen LogP contribution is 2.17. The molecule has 1 aromatic rings. The first kappa shape index (κ1) is 13.6. The van der Waals surface area contributed by atoms with Crippen LogP contribution in [0.15, 0.2) is 16.7 Å². The minimum atomic E-state index is 0.693. The fourth-order valence-corrected chi connectivity index (χ4v) is 2.66. The zero-order valence-electron chi connectivity index (χ0n) is 11.8. The average molecular weight is 251 g/mol. The van der Waals surface area contributed by atoms with Gasteiger partial charge >= 0.3 is 0 Å². The summed E-state index contributed by atoms with van der Waals surface area (Å²) in [6.45, 7) is 7.58. The van der Waals surface area contributed by atoms with Crippen LogP contribution in [-0.4, -0.2) is 49.6 Å². The van der Waals surface area contributed by atoms with Crippen molar-refractivity contribution < 1.29 is 4.42 Å². The number of rotatable bonds is 5. The van der Waals surface area contributed by atoms with Gasteiger partial charge in [0.1, 0.15) is 5.76 Å². The van der Waals surface area contributed by atoms with Crippen molar-refractivity contribution in [3.8, 4) is 0 Å². The lowest BCUT2D eigenvalue weighted by Crippen LogP contribution is -2.50. The maximum Gasteiger partial charge on any atom is 0.122 e. The van der Waals surface area contributed by atoms with Crippen LogP contribution < -0.4 is 5.32 Å². The topological polar surface area (TPSA) is 31.7 Å². The van der Waals surface area contributed by atoms with Crippen molar-refractivity contribution in [1.82, 2.24) is 15.1 Å². The predicted octanol–water partition coefficient (Wildman–Crippen LogP) is 1.52. The van der Waals surface area contributed by atoms with E-state index in [1.165, 1.54) is 12.0 Å². The Morgan fingerprint density at radius 1 is 1.44 bits per heavy atom. The summed E-state index contributed by atoms with van der Waals surface area (Å²) in [5.41, 5.74) is 1.32.